The molecule has 0 unspecified atom stereocenters. The first-order chi connectivity index (χ1) is 8.26. The van der Waals surface area contributed by atoms with Crippen molar-refractivity contribution in [2.24, 2.45) is 0 Å². The van der Waals surface area contributed by atoms with Crippen LogP contribution in [0.25, 0.3) is 0 Å². The van der Waals surface area contributed by atoms with Crippen LogP contribution in [-0.4, -0.2) is 43.9 Å². The van der Waals surface area contributed by atoms with Gasteiger partial charge in [-0.3, -0.25) is 0 Å². The maximum atomic E-state index is 12.4. The molecule has 0 amide bonds. The molecular formula is C12H27N3O2S. The van der Waals surface area contributed by atoms with Crippen LogP contribution in [0.15, 0.2) is 0 Å². The van der Waals surface area contributed by atoms with Crippen LogP contribution in [0.5, 0.6) is 0 Å². The maximum Gasteiger partial charge on any atom is 0.280 e. The highest BCUT2D eigenvalue weighted by molar-refractivity contribution is 7.87. The molecule has 1 fully saturated rings. The lowest BCUT2D eigenvalue weighted by molar-refractivity contribution is 0.255. The number of hydrogen-bond acceptors (Lipinski definition) is 3. The fraction of sp³-hybridized carbons (Fsp3) is 1.00. The predicted molar refractivity (Wildman–Crippen MR) is 74.7 cm³/mol. The van der Waals surface area contributed by atoms with Gasteiger partial charge in [-0.05, 0) is 53.1 Å². The average Bonchev–Trinajstić information content (AvgIpc) is 2.23. The average molecular weight is 277 g/mol. The van der Waals surface area contributed by atoms with Gasteiger partial charge in [0.25, 0.3) is 10.2 Å². The summed E-state index contributed by atoms with van der Waals surface area (Å²) in [5.41, 5.74) is -0.433. The molecule has 0 bridgehead atoms. The maximum absolute atomic E-state index is 12.4. The molecule has 1 aliphatic rings. The summed E-state index contributed by atoms with van der Waals surface area (Å²) in [5.74, 6) is 0. The second kappa shape index (κ2) is 6.32. The summed E-state index contributed by atoms with van der Waals surface area (Å²) in [6.45, 7) is 10.0. The third-order valence-corrected chi connectivity index (χ3v) is 4.87. The van der Waals surface area contributed by atoms with Crippen LogP contribution < -0.4 is 10.0 Å². The summed E-state index contributed by atoms with van der Waals surface area (Å²) < 4.78 is 29.3. The van der Waals surface area contributed by atoms with E-state index in [1.807, 2.05) is 27.7 Å². The van der Waals surface area contributed by atoms with E-state index >= 15 is 0 Å². The van der Waals surface area contributed by atoms with E-state index in [9.17, 15) is 8.42 Å². The van der Waals surface area contributed by atoms with E-state index < -0.39 is 15.7 Å². The van der Waals surface area contributed by atoms with Crippen molar-refractivity contribution < 1.29 is 8.42 Å². The lowest BCUT2D eigenvalue weighted by Crippen LogP contribution is -2.54. The minimum Gasteiger partial charge on any atom is -0.317 e. The minimum atomic E-state index is -3.39. The zero-order chi connectivity index (χ0) is 13.8. The van der Waals surface area contributed by atoms with Crippen LogP contribution in [0.2, 0.25) is 0 Å². The van der Waals surface area contributed by atoms with Crippen molar-refractivity contribution in [1.29, 1.82) is 0 Å². The summed E-state index contributed by atoms with van der Waals surface area (Å²) >= 11 is 0. The van der Waals surface area contributed by atoms with Gasteiger partial charge in [0.15, 0.2) is 0 Å². The van der Waals surface area contributed by atoms with Gasteiger partial charge in [-0.2, -0.15) is 17.4 Å². The third-order valence-electron chi connectivity index (χ3n) is 2.90. The van der Waals surface area contributed by atoms with E-state index in [1.165, 1.54) is 0 Å². The van der Waals surface area contributed by atoms with Crippen molar-refractivity contribution in [2.45, 2.75) is 58.5 Å². The molecule has 0 saturated carbocycles. The van der Waals surface area contributed by atoms with Gasteiger partial charge >= 0.3 is 0 Å². The molecule has 2 N–H and O–H groups in total. The minimum absolute atomic E-state index is 0.131. The van der Waals surface area contributed by atoms with Crippen molar-refractivity contribution in [3.63, 3.8) is 0 Å². The summed E-state index contributed by atoms with van der Waals surface area (Å²) in [4.78, 5) is 0. The second-order valence-corrected chi connectivity index (χ2v) is 7.57. The van der Waals surface area contributed by atoms with Crippen LogP contribution in [-0.2, 0) is 10.2 Å². The van der Waals surface area contributed by atoms with Crippen molar-refractivity contribution in [2.75, 3.05) is 19.6 Å². The molecule has 5 nitrogen and oxygen atoms in total. The van der Waals surface area contributed by atoms with Gasteiger partial charge < -0.3 is 5.32 Å². The van der Waals surface area contributed by atoms with Crippen LogP contribution in [0.4, 0.5) is 0 Å². The molecule has 1 aliphatic heterocycles. The molecule has 1 rings (SSSR count). The first-order valence-electron chi connectivity index (χ1n) is 6.78. The third kappa shape index (κ3) is 4.84. The van der Waals surface area contributed by atoms with E-state index in [0.717, 1.165) is 32.4 Å². The lowest BCUT2D eigenvalue weighted by atomic mass is 10.1. The number of nitrogens with zero attached hydrogens (tertiary/aromatic N) is 1. The Hall–Kier alpha value is -0.170. The largest absolute Gasteiger partial charge is 0.317 e. The topological polar surface area (TPSA) is 61.4 Å². The summed E-state index contributed by atoms with van der Waals surface area (Å²) in [6.07, 6.45) is 2.63. The van der Waals surface area contributed by atoms with Gasteiger partial charge in [0.2, 0.25) is 0 Å². The fourth-order valence-corrected chi connectivity index (χ4v) is 4.18. The fourth-order valence-electron chi connectivity index (χ4n) is 2.26. The van der Waals surface area contributed by atoms with Crippen LogP contribution >= 0.6 is 0 Å². The van der Waals surface area contributed by atoms with Crippen LogP contribution in [0, 0.1) is 0 Å². The van der Waals surface area contributed by atoms with Gasteiger partial charge in [0.05, 0.1) is 0 Å². The molecule has 0 atom stereocenters. The van der Waals surface area contributed by atoms with Crippen molar-refractivity contribution in [1.82, 2.24) is 14.3 Å². The molecule has 0 aromatic heterocycles. The Morgan fingerprint density at radius 3 is 2.28 bits per heavy atom. The molecular weight excluding hydrogens is 250 g/mol. The Bertz CT molecular complexity index is 343. The van der Waals surface area contributed by atoms with E-state index in [4.69, 9.17) is 0 Å². The number of hydrogen-bond donors (Lipinski definition) is 2. The molecule has 18 heavy (non-hydrogen) atoms. The molecule has 108 valence electrons. The molecule has 6 heteroatoms. The van der Waals surface area contributed by atoms with Gasteiger partial charge in [-0.1, -0.05) is 6.92 Å². The molecule has 1 saturated heterocycles. The number of rotatable bonds is 5. The van der Waals surface area contributed by atoms with Crippen LogP contribution in [0.3, 0.4) is 0 Å². The van der Waals surface area contributed by atoms with E-state index in [1.54, 1.807) is 4.31 Å². The highest BCUT2D eigenvalue weighted by Crippen LogP contribution is 2.17. The summed E-state index contributed by atoms with van der Waals surface area (Å²) in [7, 11) is -3.39. The monoisotopic (exact) mass is 277 g/mol. The first kappa shape index (κ1) is 15.9. The number of piperidine rings is 1. The van der Waals surface area contributed by atoms with E-state index in [-0.39, 0.29) is 6.04 Å². The first-order valence-corrected chi connectivity index (χ1v) is 8.22. The predicted octanol–water partition coefficient (Wildman–Crippen LogP) is 1.08. The Labute approximate surface area is 112 Å². The second-order valence-electron chi connectivity index (χ2n) is 5.95. The zero-order valence-corrected chi connectivity index (χ0v) is 12.8. The molecule has 0 aliphatic carbocycles. The SMILES string of the molecule is CCCN(C1CCNCC1)S(=O)(=O)NC(C)(C)C. The van der Waals surface area contributed by atoms with Crippen LogP contribution in [0.1, 0.15) is 47.0 Å². The molecule has 0 aromatic carbocycles. The van der Waals surface area contributed by atoms with Crippen molar-refractivity contribution >= 4 is 10.2 Å². The van der Waals surface area contributed by atoms with Crippen molar-refractivity contribution in [3.05, 3.63) is 0 Å². The standard InChI is InChI=1S/C12H27N3O2S/c1-5-10-15(11-6-8-13-9-7-11)18(16,17)14-12(2,3)4/h11,13-14H,5-10H2,1-4H3. The molecule has 0 spiro atoms. The quantitative estimate of drug-likeness (QED) is 0.790. The van der Waals surface area contributed by atoms with Gasteiger partial charge in [0, 0.05) is 18.1 Å². The molecule has 1 heterocycles. The highest BCUT2D eigenvalue weighted by atomic mass is 32.2. The summed E-state index contributed by atoms with van der Waals surface area (Å²) in [6, 6.07) is 0.131. The van der Waals surface area contributed by atoms with Crippen molar-refractivity contribution in [3.8, 4) is 0 Å². The Morgan fingerprint density at radius 2 is 1.83 bits per heavy atom. The zero-order valence-electron chi connectivity index (χ0n) is 12.0. The normalized spacial score (nSPS) is 19.4. The smallest absolute Gasteiger partial charge is 0.280 e. The van der Waals surface area contributed by atoms with E-state index in [0.29, 0.717) is 6.54 Å². The molecule has 0 aromatic rings. The number of nitrogens with one attached hydrogen (secondary N) is 2. The van der Waals surface area contributed by atoms with E-state index in [2.05, 4.69) is 10.0 Å². The Kier molecular flexibility index (Phi) is 5.58. The molecule has 0 radical (unpaired) electrons. The Morgan fingerprint density at radius 1 is 1.28 bits per heavy atom. The Balaban J connectivity index is 2.82. The van der Waals surface area contributed by atoms with Gasteiger partial charge in [-0.25, -0.2) is 0 Å². The van der Waals surface area contributed by atoms with Gasteiger partial charge in [-0.15, -0.1) is 0 Å². The lowest BCUT2D eigenvalue weighted by Gasteiger charge is -2.35. The highest BCUT2D eigenvalue weighted by Gasteiger charge is 2.32. The summed E-state index contributed by atoms with van der Waals surface area (Å²) in [5, 5.41) is 3.27. The van der Waals surface area contributed by atoms with Gasteiger partial charge in [0.1, 0.15) is 0 Å².